The molecule has 1 amide bonds. The lowest BCUT2D eigenvalue weighted by atomic mass is 10.1. The first-order valence-electron chi connectivity index (χ1n) is 8.65. The summed E-state index contributed by atoms with van der Waals surface area (Å²) in [5, 5.41) is 3.33. The van der Waals surface area contributed by atoms with Crippen molar-refractivity contribution in [2.45, 2.75) is 24.2 Å². The van der Waals surface area contributed by atoms with Gasteiger partial charge >= 0.3 is 12.1 Å². The Labute approximate surface area is 169 Å². The molecule has 0 bridgehead atoms. The van der Waals surface area contributed by atoms with Gasteiger partial charge in [0, 0.05) is 30.5 Å². The maximum Gasteiger partial charge on any atom is 0.471 e. The number of sulfone groups is 1. The number of carbonyl (C=O) groups is 1. The van der Waals surface area contributed by atoms with Gasteiger partial charge in [-0.15, -0.1) is 0 Å². The minimum Gasteiger partial charge on any atom is -0.330 e. The highest BCUT2D eigenvalue weighted by molar-refractivity contribution is 7.90. The average Bonchev–Trinajstić information content (AvgIpc) is 3.27. The molecule has 2 heterocycles. The molecule has 0 unspecified atom stereocenters. The molecule has 1 aromatic heterocycles. The van der Waals surface area contributed by atoms with Crippen molar-refractivity contribution >= 4 is 15.7 Å². The number of halogens is 3. The van der Waals surface area contributed by atoms with Crippen molar-refractivity contribution in [2.24, 2.45) is 0 Å². The largest absolute Gasteiger partial charge is 0.471 e. The van der Waals surface area contributed by atoms with Crippen LogP contribution in [0.5, 0.6) is 0 Å². The number of alkyl halides is 3. The van der Waals surface area contributed by atoms with Crippen LogP contribution in [0.1, 0.15) is 27.4 Å². The number of aromatic nitrogens is 2. The molecule has 0 N–H and O–H groups in total. The smallest absolute Gasteiger partial charge is 0.330 e. The molecular formula is C19H14F3N3O4S. The number of amides is 1. The maximum absolute atomic E-state index is 12.8. The number of benzene rings is 2. The lowest BCUT2D eigenvalue weighted by Gasteiger charge is -2.17. The van der Waals surface area contributed by atoms with E-state index in [-0.39, 0.29) is 35.3 Å². The third kappa shape index (κ3) is 3.67. The highest BCUT2D eigenvalue weighted by Crippen LogP contribution is 2.32. The number of rotatable bonds is 4. The molecule has 0 atom stereocenters. The van der Waals surface area contributed by atoms with Crippen LogP contribution in [0.25, 0.3) is 11.4 Å². The van der Waals surface area contributed by atoms with Crippen LogP contribution in [0.2, 0.25) is 0 Å². The van der Waals surface area contributed by atoms with Crippen molar-refractivity contribution in [3.8, 4) is 11.4 Å². The summed E-state index contributed by atoms with van der Waals surface area (Å²) in [6.45, 7) is 0.319. The zero-order chi connectivity index (χ0) is 21.7. The second kappa shape index (κ2) is 6.94. The molecule has 11 heteroatoms. The zero-order valence-electron chi connectivity index (χ0n) is 15.5. The Bertz CT molecular complexity index is 1250. The Morgan fingerprint density at radius 3 is 2.57 bits per heavy atom. The van der Waals surface area contributed by atoms with E-state index in [2.05, 4.69) is 14.7 Å². The van der Waals surface area contributed by atoms with E-state index in [1.54, 1.807) is 24.3 Å². The van der Waals surface area contributed by atoms with Crippen molar-refractivity contribution in [3.63, 3.8) is 0 Å². The predicted molar refractivity (Wildman–Crippen MR) is 97.9 cm³/mol. The van der Waals surface area contributed by atoms with Gasteiger partial charge < -0.3 is 9.42 Å². The third-order valence-corrected chi connectivity index (χ3v) is 5.85. The molecule has 30 heavy (non-hydrogen) atoms. The Kier molecular flexibility index (Phi) is 4.64. The first-order valence-corrected chi connectivity index (χ1v) is 10.5. The topological polar surface area (TPSA) is 93.4 Å². The minimum atomic E-state index is -4.76. The Morgan fingerprint density at radius 1 is 1.17 bits per heavy atom. The van der Waals surface area contributed by atoms with Crippen LogP contribution in [0.3, 0.4) is 0 Å². The molecule has 1 aliphatic heterocycles. The Morgan fingerprint density at radius 2 is 1.90 bits per heavy atom. The lowest BCUT2D eigenvalue weighted by molar-refractivity contribution is -0.159. The SMILES string of the molecule is CS(=O)(=O)c1ccccc1CN1Cc2ccc(-c3noc(C(F)(F)F)n3)cc2C1=O. The normalized spacial score (nSPS) is 14.3. The molecule has 2 aromatic carbocycles. The maximum atomic E-state index is 12.8. The van der Waals surface area contributed by atoms with Gasteiger partial charge in [-0.25, -0.2) is 8.42 Å². The molecule has 4 rings (SSSR count). The summed E-state index contributed by atoms with van der Waals surface area (Å²) >= 11 is 0. The third-order valence-electron chi connectivity index (χ3n) is 4.65. The van der Waals surface area contributed by atoms with Gasteiger partial charge in [-0.1, -0.05) is 35.5 Å². The number of carbonyl (C=O) groups excluding carboxylic acids is 1. The van der Waals surface area contributed by atoms with Gasteiger partial charge in [0.15, 0.2) is 9.84 Å². The van der Waals surface area contributed by atoms with Crippen molar-refractivity contribution in [1.29, 1.82) is 0 Å². The molecular weight excluding hydrogens is 423 g/mol. The van der Waals surface area contributed by atoms with Crippen LogP contribution in [0, 0.1) is 0 Å². The fourth-order valence-electron chi connectivity index (χ4n) is 3.29. The van der Waals surface area contributed by atoms with Gasteiger partial charge in [0.25, 0.3) is 5.91 Å². The predicted octanol–water partition coefficient (Wildman–Crippen LogP) is 3.31. The standard InChI is InChI=1S/C19H14F3N3O4S/c1-30(27,28)15-5-3-2-4-13(15)10-25-9-12-7-6-11(8-14(12)17(25)26)16-23-18(29-24-16)19(20,21)22/h2-8H,9-10H2,1H3. The second-order valence-electron chi connectivity index (χ2n) is 6.83. The summed E-state index contributed by atoms with van der Waals surface area (Å²) < 4.78 is 66.2. The van der Waals surface area contributed by atoms with E-state index in [1.807, 2.05) is 0 Å². The van der Waals surface area contributed by atoms with Crippen molar-refractivity contribution in [3.05, 3.63) is 65.0 Å². The van der Waals surface area contributed by atoms with E-state index < -0.39 is 21.9 Å². The Balaban J connectivity index is 1.61. The van der Waals surface area contributed by atoms with Gasteiger partial charge in [-0.3, -0.25) is 4.79 Å². The molecule has 0 spiro atoms. The van der Waals surface area contributed by atoms with E-state index in [9.17, 15) is 26.4 Å². The molecule has 156 valence electrons. The van der Waals surface area contributed by atoms with Gasteiger partial charge in [0.1, 0.15) is 0 Å². The molecule has 0 saturated heterocycles. The summed E-state index contributed by atoms with van der Waals surface area (Å²) in [6, 6.07) is 10.9. The van der Waals surface area contributed by atoms with Crippen LogP contribution >= 0.6 is 0 Å². The van der Waals surface area contributed by atoms with Gasteiger partial charge in [0.2, 0.25) is 5.82 Å². The fourth-order valence-corrected chi connectivity index (χ4v) is 4.22. The van der Waals surface area contributed by atoms with Gasteiger partial charge in [-0.2, -0.15) is 18.2 Å². The molecule has 3 aromatic rings. The van der Waals surface area contributed by atoms with Crippen LogP contribution < -0.4 is 0 Å². The first-order chi connectivity index (χ1) is 14.0. The number of hydrogen-bond donors (Lipinski definition) is 0. The summed E-state index contributed by atoms with van der Waals surface area (Å²) in [4.78, 5) is 17.8. The van der Waals surface area contributed by atoms with E-state index >= 15 is 0 Å². The van der Waals surface area contributed by atoms with Gasteiger partial charge in [0.05, 0.1) is 4.90 Å². The van der Waals surface area contributed by atoms with E-state index in [1.165, 1.54) is 23.1 Å². The van der Waals surface area contributed by atoms with Crippen LogP contribution in [0.4, 0.5) is 13.2 Å². The quantitative estimate of drug-likeness (QED) is 0.622. The molecule has 0 fully saturated rings. The summed E-state index contributed by atoms with van der Waals surface area (Å²) in [6.07, 6.45) is -3.67. The molecule has 0 aliphatic carbocycles. The fraction of sp³-hybridized carbons (Fsp3) is 0.211. The first kappa shape index (κ1) is 20.1. The monoisotopic (exact) mass is 437 g/mol. The molecule has 7 nitrogen and oxygen atoms in total. The summed E-state index contributed by atoms with van der Waals surface area (Å²) in [5.41, 5.74) is 1.65. The van der Waals surface area contributed by atoms with Crippen LogP contribution in [0.15, 0.2) is 51.9 Å². The average molecular weight is 437 g/mol. The number of hydrogen-bond acceptors (Lipinski definition) is 6. The van der Waals surface area contributed by atoms with Crippen LogP contribution in [-0.4, -0.2) is 35.6 Å². The zero-order valence-corrected chi connectivity index (χ0v) is 16.3. The molecule has 0 radical (unpaired) electrons. The second-order valence-corrected chi connectivity index (χ2v) is 8.82. The summed E-state index contributed by atoms with van der Waals surface area (Å²) in [7, 11) is -3.47. The van der Waals surface area contributed by atoms with Crippen molar-refractivity contribution in [2.75, 3.05) is 6.26 Å². The minimum absolute atomic E-state index is 0.0759. The highest BCUT2D eigenvalue weighted by atomic mass is 32.2. The molecule has 0 saturated carbocycles. The lowest BCUT2D eigenvalue weighted by Crippen LogP contribution is -2.24. The van der Waals surface area contributed by atoms with E-state index in [0.29, 0.717) is 16.7 Å². The Hall–Kier alpha value is -3.21. The summed E-state index contributed by atoms with van der Waals surface area (Å²) in [5.74, 6) is -2.11. The number of fused-ring (bicyclic) bond motifs is 1. The van der Waals surface area contributed by atoms with Gasteiger partial charge in [-0.05, 0) is 23.3 Å². The number of nitrogens with zero attached hydrogens (tertiary/aromatic N) is 3. The van der Waals surface area contributed by atoms with E-state index in [0.717, 1.165) is 6.26 Å². The van der Waals surface area contributed by atoms with Crippen molar-refractivity contribution in [1.82, 2.24) is 15.0 Å². The van der Waals surface area contributed by atoms with Crippen LogP contribution in [-0.2, 0) is 29.1 Å². The molecule has 1 aliphatic rings. The van der Waals surface area contributed by atoms with E-state index in [4.69, 9.17) is 0 Å². The highest BCUT2D eigenvalue weighted by Gasteiger charge is 2.38. The van der Waals surface area contributed by atoms with Crippen molar-refractivity contribution < 1.29 is 30.9 Å².